The number of nitrogens with zero attached hydrogens (tertiary/aromatic N) is 1. The summed E-state index contributed by atoms with van der Waals surface area (Å²) in [6, 6.07) is 7.70. The zero-order chi connectivity index (χ0) is 13.1. The summed E-state index contributed by atoms with van der Waals surface area (Å²) >= 11 is 9.33. The van der Waals surface area contributed by atoms with Crippen LogP contribution in [-0.2, 0) is 6.54 Å². The number of hydrogen-bond acceptors (Lipinski definition) is 3. The third-order valence-corrected chi connectivity index (χ3v) is 3.90. The molecular formula is C13H13BrClN3. The minimum atomic E-state index is 0.680. The maximum atomic E-state index is 5.84. The summed E-state index contributed by atoms with van der Waals surface area (Å²) in [6.07, 6.45) is 1.66. The molecule has 0 amide bonds. The molecule has 0 aliphatic rings. The molecule has 0 aliphatic carbocycles. The maximum Gasteiger partial charge on any atom is 0.140 e. The van der Waals surface area contributed by atoms with Gasteiger partial charge < -0.3 is 11.1 Å². The van der Waals surface area contributed by atoms with Gasteiger partial charge in [-0.05, 0) is 46.1 Å². The van der Waals surface area contributed by atoms with E-state index < -0.39 is 0 Å². The number of nitrogen functional groups attached to an aromatic ring is 1. The fourth-order valence-electron chi connectivity index (χ4n) is 1.50. The smallest absolute Gasteiger partial charge is 0.140 e. The van der Waals surface area contributed by atoms with Crippen LogP contribution < -0.4 is 11.1 Å². The second-order valence-corrected chi connectivity index (χ2v) is 5.21. The van der Waals surface area contributed by atoms with Crippen molar-refractivity contribution in [3.63, 3.8) is 0 Å². The van der Waals surface area contributed by atoms with Gasteiger partial charge in [0.2, 0.25) is 0 Å². The molecule has 18 heavy (non-hydrogen) atoms. The molecular weight excluding hydrogens is 314 g/mol. The third-order valence-electron chi connectivity index (χ3n) is 2.68. The third kappa shape index (κ3) is 2.94. The quantitative estimate of drug-likeness (QED) is 0.896. The van der Waals surface area contributed by atoms with Crippen molar-refractivity contribution in [2.75, 3.05) is 11.1 Å². The van der Waals surface area contributed by atoms with Crippen molar-refractivity contribution in [1.29, 1.82) is 0 Å². The lowest BCUT2D eigenvalue weighted by atomic mass is 10.2. The molecule has 0 atom stereocenters. The van der Waals surface area contributed by atoms with Crippen molar-refractivity contribution in [3.05, 3.63) is 51.1 Å². The highest BCUT2D eigenvalue weighted by atomic mass is 79.9. The highest BCUT2D eigenvalue weighted by Crippen LogP contribution is 2.27. The Morgan fingerprint density at radius 1 is 1.33 bits per heavy atom. The van der Waals surface area contributed by atoms with Crippen LogP contribution in [0.2, 0.25) is 5.02 Å². The van der Waals surface area contributed by atoms with E-state index in [2.05, 4.69) is 26.2 Å². The molecule has 1 heterocycles. The standard InChI is InChI=1S/C13H13BrClN3/c1-8-11(16)7-18-13(12(8)14)17-6-9-2-4-10(15)5-3-9/h2-5,7H,6,16H2,1H3,(H,17,18). The topological polar surface area (TPSA) is 50.9 Å². The van der Waals surface area contributed by atoms with E-state index >= 15 is 0 Å². The first-order valence-electron chi connectivity index (χ1n) is 5.47. The minimum absolute atomic E-state index is 0.680. The van der Waals surface area contributed by atoms with Crippen molar-refractivity contribution in [2.45, 2.75) is 13.5 Å². The molecule has 0 aliphatic heterocycles. The first kappa shape index (κ1) is 13.2. The predicted molar refractivity (Wildman–Crippen MR) is 79.9 cm³/mol. The Kier molecular flexibility index (Phi) is 4.09. The summed E-state index contributed by atoms with van der Waals surface area (Å²) < 4.78 is 0.900. The van der Waals surface area contributed by atoms with E-state index in [1.165, 1.54) is 0 Å². The SMILES string of the molecule is Cc1c(N)cnc(NCc2ccc(Cl)cc2)c1Br. The predicted octanol–water partition coefficient (Wildman–Crippen LogP) is 4.00. The Labute approximate surface area is 119 Å². The molecule has 0 unspecified atom stereocenters. The van der Waals surface area contributed by atoms with Gasteiger partial charge in [-0.25, -0.2) is 4.98 Å². The Morgan fingerprint density at radius 2 is 2.00 bits per heavy atom. The summed E-state index contributed by atoms with van der Waals surface area (Å²) in [4.78, 5) is 4.26. The second kappa shape index (κ2) is 5.59. The van der Waals surface area contributed by atoms with E-state index in [0.717, 1.165) is 26.4 Å². The number of rotatable bonds is 3. The van der Waals surface area contributed by atoms with Gasteiger partial charge in [-0.1, -0.05) is 23.7 Å². The summed E-state index contributed by atoms with van der Waals surface area (Å²) in [5, 5.41) is 4.00. The number of nitrogens with two attached hydrogens (primary N) is 1. The molecule has 1 aromatic heterocycles. The number of anilines is 2. The van der Waals surface area contributed by atoms with Gasteiger partial charge in [0.1, 0.15) is 5.82 Å². The van der Waals surface area contributed by atoms with Gasteiger partial charge in [-0.15, -0.1) is 0 Å². The van der Waals surface area contributed by atoms with Gasteiger partial charge in [-0.3, -0.25) is 0 Å². The van der Waals surface area contributed by atoms with Crippen LogP contribution in [0.1, 0.15) is 11.1 Å². The number of hydrogen-bond donors (Lipinski definition) is 2. The van der Waals surface area contributed by atoms with E-state index in [4.69, 9.17) is 17.3 Å². The van der Waals surface area contributed by atoms with Crippen molar-refractivity contribution < 1.29 is 0 Å². The molecule has 0 saturated carbocycles. The first-order valence-corrected chi connectivity index (χ1v) is 6.64. The van der Waals surface area contributed by atoms with E-state index in [9.17, 15) is 0 Å². The van der Waals surface area contributed by atoms with Crippen LogP contribution in [-0.4, -0.2) is 4.98 Å². The summed E-state index contributed by atoms with van der Waals surface area (Å²) in [7, 11) is 0. The van der Waals surface area contributed by atoms with Gasteiger partial charge in [0.25, 0.3) is 0 Å². The Hall–Kier alpha value is -1.26. The maximum absolute atomic E-state index is 5.84. The van der Waals surface area contributed by atoms with Crippen LogP contribution in [0.25, 0.3) is 0 Å². The lowest BCUT2D eigenvalue weighted by Crippen LogP contribution is -2.04. The molecule has 94 valence electrons. The highest BCUT2D eigenvalue weighted by molar-refractivity contribution is 9.10. The van der Waals surface area contributed by atoms with Crippen LogP contribution >= 0.6 is 27.5 Å². The van der Waals surface area contributed by atoms with Crippen LogP contribution in [0.15, 0.2) is 34.9 Å². The van der Waals surface area contributed by atoms with Gasteiger partial charge in [0, 0.05) is 11.6 Å². The normalized spacial score (nSPS) is 10.4. The Bertz CT molecular complexity index is 555. The van der Waals surface area contributed by atoms with Gasteiger partial charge in [-0.2, -0.15) is 0 Å². The van der Waals surface area contributed by atoms with Crippen molar-refractivity contribution in [2.24, 2.45) is 0 Å². The van der Waals surface area contributed by atoms with E-state index in [-0.39, 0.29) is 0 Å². The molecule has 0 fully saturated rings. The number of nitrogens with one attached hydrogen (secondary N) is 1. The second-order valence-electron chi connectivity index (χ2n) is 3.98. The molecule has 1 aromatic carbocycles. The number of benzene rings is 1. The lowest BCUT2D eigenvalue weighted by molar-refractivity contribution is 1.10. The molecule has 2 rings (SSSR count). The Balaban J connectivity index is 2.11. The van der Waals surface area contributed by atoms with Crippen molar-refractivity contribution in [1.82, 2.24) is 4.98 Å². The average Bonchev–Trinajstić information content (AvgIpc) is 2.37. The van der Waals surface area contributed by atoms with E-state index in [1.807, 2.05) is 31.2 Å². The summed E-state index contributed by atoms with van der Waals surface area (Å²) in [5.41, 5.74) is 8.59. The number of aromatic nitrogens is 1. The van der Waals surface area contributed by atoms with Crippen molar-refractivity contribution in [3.8, 4) is 0 Å². The molecule has 0 saturated heterocycles. The zero-order valence-corrected chi connectivity index (χ0v) is 12.2. The van der Waals surface area contributed by atoms with Crippen molar-refractivity contribution >= 4 is 39.0 Å². The van der Waals surface area contributed by atoms with Crippen LogP contribution in [0.4, 0.5) is 11.5 Å². The fourth-order valence-corrected chi connectivity index (χ4v) is 2.10. The van der Waals surface area contributed by atoms with Gasteiger partial charge >= 0.3 is 0 Å². The zero-order valence-electron chi connectivity index (χ0n) is 9.87. The van der Waals surface area contributed by atoms with Gasteiger partial charge in [0.15, 0.2) is 0 Å². The number of pyridine rings is 1. The molecule has 2 aromatic rings. The summed E-state index contributed by atoms with van der Waals surface area (Å²) in [6.45, 7) is 2.64. The van der Waals surface area contributed by atoms with Crippen LogP contribution in [0.3, 0.4) is 0 Å². The van der Waals surface area contributed by atoms with Crippen LogP contribution in [0.5, 0.6) is 0 Å². The lowest BCUT2D eigenvalue weighted by Gasteiger charge is -2.10. The first-order chi connectivity index (χ1) is 8.58. The van der Waals surface area contributed by atoms with E-state index in [0.29, 0.717) is 12.2 Å². The molecule has 0 radical (unpaired) electrons. The molecule has 5 heteroatoms. The Morgan fingerprint density at radius 3 is 2.67 bits per heavy atom. The molecule has 3 N–H and O–H groups in total. The fraction of sp³-hybridized carbons (Fsp3) is 0.154. The average molecular weight is 327 g/mol. The van der Waals surface area contributed by atoms with E-state index in [1.54, 1.807) is 6.20 Å². The molecule has 0 spiro atoms. The number of halogens is 2. The highest BCUT2D eigenvalue weighted by Gasteiger charge is 2.06. The molecule has 3 nitrogen and oxygen atoms in total. The minimum Gasteiger partial charge on any atom is -0.397 e. The summed E-state index contributed by atoms with van der Waals surface area (Å²) in [5.74, 6) is 0.789. The monoisotopic (exact) mass is 325 g/mol. The largest absolute Gasteiger partial charge is 0.397 e. The molecule has 0 bridgehead atoms. The van der Waals surface area contributed by atoms with Crippen LogP contribution in [0, 0.1) is 6.92 Å². The van der Waals surface area contributed by atoms with Gasteiger partial charge in [0.05, 0.1) is 16.4 Å².